The molecule has 1 saturated carbocycles. The Morgan fingerprint density at radius 3 is 2.79 bits per heavy atom. The van der Waals surface area contributed by atoms with Crippen molar-refractivity contribution in [2.45, 2.75) is 52.0 Å². The minimum atomic E-state index is 0.849. The molecule has 1 aliphatic rings. The van der Waals surface area contributed by atoms with Gasteiger partial charge in [0.15, 0.2) is 0 Å². The Morgan fingerprint density at radius 1 is 1.36 bits per heavy atom. The molecule has 0 spiro atoms. The van der Waals surface area contributed by atoms with Gasteiger partial charge in [-0.1, -0.05) is 26.7 Å². The van der Waals surface area contributed by atoms with Crippen LogP contribution in [0.15, 0.2) is 0 Å². The molecule has 0 bridgehead atoms. The van der Waals surface area contributed by atoms with Gasteiger partial charge in [-0.15, -0.1) is 0 Å². The Balaban J connectivity index is 1.79. The average Bonchev–Trinajstić information content (AvgIpc) is 2.98. The van der Waals surface area contributed by atoms with E-state index in [4.69, 9.17) is 0 Å². The van der Waals surface area contributed by atoms with Gasteiger partial charge in [-0.25, -0.2) is 0 Å². The molecule has 2 heteroatoms. The van der Waals surface area contributed by atoms with E-state index in [1.54, 1.807) is 0 Å². The fourth-order valence-corrected chi connectivity index (χ4v) is 2.55. The molecule has 1 aliphatic carbocycles. The van der Waals surface area contributed by atoms with Crippen LogP contribution < -0.4 is 5.32 Å². The Kier molecular flexibility index (Phi) is 6.70. The first-order valence-electron chi connectivity index (χ1n) is 6.14. The molecule has 0 amide bonds. The van der Waals surface area contributed by atoms with Crippen LogP contribution in [0.2, 0.25) is 0 Å². The van der Waals surface area contributed by atoms with Gasteiger partial charge in [-0.2, -0.15) is 11.8 Å². The average molecular weight is 215 g/mol. The van der Waals surface area contributed by atoms with Gasteiger partial charge in [0.25, 0.3) is 0 Å². The molecule has 84 valence electrons. The quantitative estimate of drug-likeness (QED) is 0.592. The van der Waals surface area contributed by atoms with E-state index >= 15 is 0 Å². The van der Waals surface area contributed by atoms with Gasteiger partial charge in [0.05, 0.1) is 0 Å². The van der Waals surface area contributed by atoms with Crippen molar-refractivity contribution in [2.75, 3.05) is 18.1 Å². The lowest BCUT2D eigenvalue weighted by Crippen LogP contribution is -2.24. The first-order valence-corrected chi connectivity index (χ1v) is 7.29. The lowest BCUT2D eigenvalue weighted by molar-refractivity contribution is 0.556. The molecule has 0 aromatic rings. The lowest BCUT2D eigenvalue weighted by Gasteiger charge is -2.11. The van der Waals surface area contributed by atoms with Gasteiger partial charge in [0, 0.05) is 6.04 Å². The van der Waals surface area contributed by atoms with Gasteiger partial charge in [0.1, 0.15) is 0 Å². The third kappa shape index (κ3) is 6.72. The topological polar surface area (TPSA) is 12.0 Å². The van der Waals surface area contributed by atoms with Crippen molar-refractivity contribution in [3.05, 3.63) is 0 Å². The highest BCUT2D eigenvalue weighted by molar-refractivity contribution is 7.99. The number of hydrogen-bond donors (Lipinski definition) is 1. The number of thioether (sulfide) groups is 1. The Labute approximate surface area is 93.4 Å². The molecule has 14 heavy (non-hydrogen) atoms. The van der Waals surface area contributed by atoms with Gasteiger partial charge in [-0.3, -0.25) is 0 Å². The Bertz CT molecular complexity index is 134. The zero-order valence-corrected chi connectivity index (χ0v) is 10.5. The lowest BCUT2D eigenvalue weighted by atomic mass is 10.2. The largest absolute Gasteiger partial charge is 0.314 e. The Morgan fingerprint density at radius 2 is 2.14 bits per heavy atom. The van der Waals surface area contributed by atoms with Crippen LogP contribution in [-0.2, 0) is 0 Å². The molecule has 0 aromatic carbocycles. The third-order valence-electron chi connectivity index (χ3n) is 2.63. The van der Waals surface area contributed by atoms with Crippen molar-refractivity contribution < 1.29 is 0 Å². The van der Waals surface area contributed by atoms with E-state index in [0.717, 1.165) is 12.0 Å². The first-order chi connectivity index (χ1) is 6.83. The summed E-state index contributed by atoms with van der Waals surface area (Å²) in [4.78, 5) is 0. The standard InChI is InChI=1S/C12H25NS/c1-3-4-5-8-14-10-11(2)9-13-12-6-7-12/h11-13H,3-10H2,1-2H3. The summed E-state index contributed by atoms with van der Waals surface area (Å²) in [5.41, 5.74) is 0. The Hall–Kier alpha value is 0.310. The van der Waals surface area contributed by atoms with Crippen LogP contribution in [0.25, 0.3) is 0 Å². The SMILES string of the molecule is CCCCCSCC(C)CNC1CC1. The minimum absolute atomic E-state index is 0.849. The zero-order valence-electron chi connectivity index (χ0n) is 9.72. The fraction of sp³-hybridized carbons (Fsp3) is 1.00. The van der Waals surface area contributed by atoms with Crippen molar-refractivity contribution in [2.24, 2.45) is 5.92 Å². The molecular formula is C12H25NS. The number of rotatable bonds is 9. The molecule has 1 unspecified atom stereocenters. The van der Waals surface area contributed by atoms with E-state index < -0.39 is 0 Å². The van der Waals surface area contributed by atoms with Crippen LogP contribution >= 0.6 is 11.8 Å². The van der Waals surface area contributed by atoms with Gasteiger partial charge in [0.2, 0.25) is 0 Å². The second kappa shape index (κ2) is 7.58. The maximum atomic E-state index is 3.60. The molecule has 0 aliphatic heterocycles. The maximum absolute atomic E-state index is 3.60. The van der Waals surface area contributed by atoms with Gasteiger partial charge < -0.3 is 5.32 Å². The molecule has 1 fully saturated rings. The van der Waals surface area contributed by atoms with Crippen LogP contribution in [0.5, 0.6) is 0 Å². The number of hydrogen-bond acceptors (Lipinski definition) is 2. The number of nitrogens with one attached hydrogen (secondary N) is 1. The van der Waals surface area contributed by atoms with Gasteiger partial charge >= 0.3 is 0 Å². The van der Waals surface area contributed by atoms with Crippen molar-refractivity contribution in [3.8, 4) is 0 Å². The molecule has 1 nitrogen and oxygen atoms in total. The third-order valence-corrected chi connectivity index (χ3v) is 4.01. The van der Waals surface area contributed by atoms with E-state index in [2.05, 4.69) is 30.9 Å². The molecule has 1 N–H and O–H groups in total. The molecule has 0 saturated heterocycles. The monoisotopic (exact) mass is 215 g/mol. The van der Waals surface area contributed by atoms with Crippen LogP contribution in [0.1, 0.15) is 46.0 Å². The first kappa shape index (κ1) is 12.4. The maximum Gasteiger partial charge on any atom is 0.00683 e. The fourth-order valence-electron chi connectivity index (χ4n) is 1.45. The summed E-state index contributed by atoms with van der Waals surface area (Å²) in [5.74, 6) is 3.55. The summed E-state index contributed by atoms with van der Waals surface area (Å²) in [6.45, 7) is 5.86. The molecular weight excluding hydrogens is 190 g/mol. The van der Waals surface area contributed by atoms with E-state index in [9.17, 15) is 0 Å². The van der Waals surface area contributed by atoms with Crippen LogP contribution in [0.4, 0.5) is 0 Å². The van der Waals surface area contributed by atoms with E-state index in [1.165, 1.54) is 50.2 Å². The second-order valence-corrected chi connectivity index (χ2v) is 5.72. The summed E-state index contributed by atoms with van der Waals surface area (Å²) in [6.07, 6.45) is 6.98. The van der Waals surface area contributed by atoms with E-state index in [-0.39, 0.29) is 0 Å². The summed E-state index contributed by atoms with van der Waals surface area (Å²) in [6, 6.07) is 0.877. The highest BCUT2D eigenvalue weighted by Gasteiger charge is 2.20. The van der Waals surface area contributed by atoms with E-state index in [1.807, 2.05) is 0 Å². The number of unbranched alkanes of at least 4 members (excludes halogenated alkanes) is 2. The van der Waals surface area contributed by atoms with Gasteiger partial charge in [-0.05, 0) is 43.2 Å². The van der Waals surface area contributed by atoms with Crippen molar-refractivity contribution in [3.63, 3.8) is 0 Å². The summed E-state index contributed by atoms with van der Waals surface area (Å²) in [5, 5.41) is 3.60. The smallest absolute Gasteiger partial charge is 0.00683 e. The van der Waals surface area contributed by atoms with Crippen molar-refractivity contribution in [1.29, 1.82) is 0 Å². The van der Waals surface area contributed by atoms with Crippen molar-refractivity contribution >= 4 is 11.8 Å². The van der Waals surface area contributed by atoms with E-state index in [0.29, 0.717) is 0 Å². The normalized spacial score (nSPS) is 18.4. The summed E-state index contributed by atoms with van der Waals surface area (Å²) < 4.78 is 0. The minimum Gasteiger partial charge on any atom is -0.314 e. The van der Waals surface area contributed by atoms with Crippen LogP contribution in [-0.4, -0.2) is 24.1 Å². The van der Waals surface area contributed by atoms with Crippen LogP contribution in [0, 0.1) is 5.92 Å². The molecule has 1 rings (SSSR count). The predicted octanol–water partition coefficient (Wildman–Crippen LogP) is 3.30. The summed E-state index contributed by atoms with van der Waals surface area (Å²) in [7, 11) is 0. The van der Waals surface area contributed by atoms with Crippen LogP contribution in [0.3, 0.4) is 0 Å². The highest BCUT2D eigenvalue weighted by Crippen LogP contribution is 2.19. The van der Waals surface area contributed by atoms with Crippen molar-refractivity contribution in [1.82, 2.24) is 5.32 Å². The highest BCUT2D eigenvalue weighted by atomic mass is 32.2. The molecule has 1 atom stereocenters. The zero-order chi connectivity index (χ0) is 10.2. The molecule has 0 radical (unpaired) electrons. The predicted molar refractivity (Wildman–Crippen MR) is 67.0 cm³/mol. The summed E-state index contributed by atoms with van der Waals surface area (Å²) >= 11 is 2.13. The second-order valence-electron chi connectivity index (χ2n) is 4.57. The molecule has 0 heterocycles. The molecule has 0 aromatic heterocycles.